The highest BCUT2D eigenvalue weighted by Gasteiger charge is 2.22. The zero-order chi connectivity index (χ0) is 17.1. The van der Waals surface area contributed by atoms with Gasteiger partial charge in [-0.2, -0.15) is 0 Å². The molecule has 1 aliphatic rings. The van der Waals surface area contributed by atoms with Gasteiger partial charge in [0.15, 0.2) is 0 Å². The second-order valence-corrected chi connectivity index (χ2v) is 5.92. The fraction of sp³-hybridized carbons (Fsp3) is 0.150. The van der Waals surface area contributed by atoms with Gasteiger partial charge >= 0.3 is 5.97 Å². The zero-order valence-corrected chi connectivity index (χ0v) is 13.6. The molecule has 1 aromatic carbocycles. The lowest BCUT2D eigenvalue weighted by Gasteiger charge is -2.24. The molecule has 0 radical (unpaired) electrons. The zero-order valence-electron chi connectivity index (χ0n) is 13.6. The summed E-state index contributed by atoms with van der Waals surface area (Å²) in [6, 6.07) is 17.6. The summed E-state index contributed by atoms with van der Waals surface area (Å²) in [5.74, 6) is -0.257. The molecule has 3 aromatic rings. The number of esters is 1. The normalized spacial score (nSPS) is 12.6. The molecule has 0 atom stereocenters. The van der Waals surface area contributed by atoms with Crippen LogP contribution in [0.5, 0.6) is 0 Å². The number of rotatable bonds is 5. The van der Waals surface area contributed by atoms with E-state index in [0.717, 1.165) is 22.6 Å². The van der Waals surface area contributed by atoms with Crippen LogP contribution in [0.1, 0.15) is 27.3 Å². The first-order valence-corrected chi connectivity index (χ1v) is 8.14. The van der Waals surface area contributed by atoms with Crippen LogP contribution < -0.4 is 4.90 Å². The van der Waals surface area contributed by atoms with E-state index in [1.807, 2.05) is 54.6 Å². The first kappa shape index (κ1) is 15.3. The molecule has 0 saturated heterocycles. The van der Waals surface area contributed by atoms with Crippen molar-refractivity contribution in [3.05, 3.63) is 89.5 Å². The Hall–Kier alpha value is -3.21. The molecule has 0 bridgehead atoms. The van der Waals surface area contributed by atoms with Crippen LogP contribution in [0.15, 0.2) is 67.0 Å². The van der Waals surface area contributed by atoms with Crippen LogP contribution in [0, 0.1) is 0 Å². The summed E-state index contributed by atoms with van der Waals surface area (Å²) >= 11 is 0. The van der Waals surface area contributed by atoms with Crippen molar-refractivity contribution in [3.63, 3.8) is 0 Å². The van der Waals surface area contributed by atoms with Crippen LogP contribution in [-0.4, -0.2) is 15.9 Å². The number of carbonyl (C=O) groups is 1. The van der Waals surface area contributed by atoms with Crippen molar-refractivity contribution in [1.29, 1.82) is 0 Å². The van der Waals surface area contributed by atoms with Gasteiger partial charge in [-0.15, -0.1) is 0 Å². The van der Waals surface area contributed by atoms with E-state index in [0.29, 0.717) is 25.3 Å². The number of benzene rings is 1. The van der Waals surface area contributed by atoms with Gasteiger partial charge in [0.25, 0.3) is 0 Å². The molecular weight excluding hydrogens is 314 g/mol. The number of cyclic esters (lactones) is 1. The molecule has 0 aliphatic carbocycles. The Labute approximate surface area is 145 Å². The first-order chi connectivity index (χ1) is 12.3. The monoisotopic (exact) mass is 331 g/mol. The van der Waals surface area contributed by atoms with Crippen molar-refractivity contribution < 1.29 is 9.53 Å². The van der Waals surface area contributed by atoms with Gasteiger partial charge in [-0.1, -0.05) is 18.2 Å². The number of carbonyl (C=O) groups excluding carboxylic acids is 1. The quantitative estimate of drug-likeness (QED) is 0.671. The van der Waals surface area contributed by atoms with Gasteiger partial charge in [0.05, 0.1) is 30.0 Å². The molecule has 3 heterocycles. The lowest BCUT2D eigenvalue weighted by atomic mass is 10.1. The van der Waals surface area contributed by atoms with E-state index in [9.17, 15) is 4.79 Å². The summed E-state index contributed by atoms with van der Waals surface area (Å²) in [7, 11) is 0. The van der Waals surface area contributed by atoms with Gasteiger partial charge in [-0.25, -0.2) is 4.79 Å². The highest BCUT2D eigenvalue weighted by molar-refractivity contribution is 5.94. The standard InChI is InChI=1S/C20H17N3O2/c24-20-19-11-18(8-7-15(19)14-25-20)23(12-16-5-1-3-9-21-16)13-17-6-2-4-10-22-17/h1-11H,12-14H2. The Morgan fingerprint density at radius 1 is 0.920 bits per heavy atom. The minimum Gasteiger partial charge on any atom is -0.457 e. The molecule has 124 valence electrons. The van der Waals surface area contributed by atoms with E-state index in [4.69, 9.17) is 4.74 Å². The van der Waals surface area contributed by atoms with E-state index < -0.39 is 0 Å². The summed E-state index contributed by atoms with van der Waals surface area (Å²) in [6.07, 6.45) is 3.57. The van der Waals surface area contributed by atoms with Crippen LogP contribution in [0.3, 0.4) is 0 Å². The van der Waals surface area contributed by atoms with E-state index in [1.54, 1.807) is 12.4 Å². The number of ether oxygens (including phenoxy) is 1. The summed E-state index contributed by atoms with van der Waals surface area (Å²) in [5, 5.41) is 0. The number of aromatic nitrogens is 2. The average Bonchev–Trinajstić information content (AvgIpc) is 3.03. The van der Waals surface area contributed by atoms with Crippen molar-refractivity contribution in [2.45, 2.75) is 19.7 Å². The minimum atomic E-state index is -0.257. The van der Waals surface area contributed by atoms with Crippen molar-refractivity contribution >= 4 is 11.7 Å². The molecular formula is C20H17N3O2. The molecule has 0 unspecified atom stereocenters. The van der Waals surface area contributed by atoms with E-state index in [2.05, 4.69) is 14.9 Å². The Bertz CT molecular complexity index is 840. The Morgan fingerprint density at radius 2 is 1.60 bits per heavy atom. The second kappa shape index (κ2) is 6.73. The minimum absolute atomic E-state index is 0.257. The lowest BCUT2D eigenvalue weighted by molar-refractivity contribution is 0.0535. The molecule has 0 saturated carbocycles. The Morgan fingerprint density at radius 3 is 2.20 bits per heavy atom. The van der Waals surface area contributed by atoms with E-state index >= 15 is 0 Å². The molecule has 0 N–H and O–H groups in total. The topological polar surface area (TPSA) is 55.3 Å². The number of pyridine rings is 2. The number of hydrogen-bond acceptors (Lipinski definition) is 5. The maximum Gasteiger partial charge on any atom is 0.338 e. The Kier molecular flexibility index (Phi) is 4.12. The SMILES string of the molecule is O=C1OCc2ccc(N(Cc3ccccn3)Cc3ccccn3)cc21. The van der Waals surface area contributed by atoms with Gasteiger partial charge in [0.1, 0.15) is 6.61 Å². The number of nitrogens with zero attached hydrogens (tertiary/aromatic N) is 3. The maximum absolute atomic E-state index is 11.9. The van der Waals surface area contributed by atoms with Crippen LogP contribution in [0.4, 0.5) is 5.69 Å². The molecule has 0 spiro atoms. The van der Waals surface area contributed by atoms with Crippen LogP contribution in [-0.2, 0) is 24.4 Å². The highest BCUT2D eigenvalue weighted by Crippen LogP contribution is 2.27. The molecule has 25 heavy (non-hydrogen) atoms. The van der Waals surface area contributed by atoms with Crippen molar-refractivity contribution in [2.75, 3.05) is 4.90 Å². The number of hydrogen-bond donors (Lipinski definition) is 0. The van der Waals surface area contributed by atoms with Crippen LogP contribution >= 0.6 is 0 Å². The first-order valence-electron chi connectivity index (χ1n) is 8.14. The fourth-order valence-corrected chi connectivity index (χ4v) is 2.91. The molecule has 0 fully saturated rings. The predicted molar refractivity (Wildman–Crippen MR) is 93.9 cm³/mol. The third kappa shape index (κ3) is 3.35. The molecule has 4 rings (SSSR count). The Balaban J connectivity index is 1.67. The molecule has 5 heteroatoms. The summed E-state index contributed by atoms with van der Waals surface area (Å²) in [6.45, 7) is 1.62. The third-order valence-electron chi connectivity index (χ3n) is 4.20. The summed E-state index contributed by atoms with van der Waals surface area (Å²) in [4.78, 5) is 22.9. The third-order valence-corrected chi connectivity index (χ3v) is 4.20. The van der Waals surface area contributed by atoms with Gasteiger partial charge < -0.3 is 9.64 Å². The van der Waals surface area contributed by atoms with Gasteiger partial charge in [-0.05, 0) is 36.4 Å². The summed E-state index contributed by atoms with van der Waals surface area (Å²) in [5.41, 5.74) is 4.45. The maximum atomic E-state index is 11.9. The fourth-order valence-electron chi connectivity index (χ4n) is 2.91. The van der Waals surface area contributed by atoms with Crippen LogP contribution in [0.25, 0.3) is 0 Å². The number of fused-ring (bicyclic) bond motifs is 1. The second-order valence-electron chi connectivity index (χ2n) is 5.92. The van der Waals surface area contributed by atoms with Gasteiger partial charge in [0.2, 0.25) is 0 Å². The van der Waals surface area contributed by atoms with E-state index in [-0.39, 0.29) is 5.97 Å². The molecule has 5 nitrogen and oxygen atoms in total. The van der Waals surface area contributed by atoms with Crippen molar-refractivity contribution in [3.8, 4) is 0 Å². The summed E-state index contributed by atoms with van der Waals surface area (Å²) < 4.78 is 5.11. The largest absolute Gasteiger partial charge is 0.457 e. The lowest BCUT2D eigenvalue weighted by Crippen LogP contribution is -2.23. The van der Waals surface area contributed by atoms with Crippen LogP contribution in [0.2, 0.25) is 0 Å². The van der Waals surface area contributed by atoms with Gasteiger partial charge in [-0.3, -0.25) is 9.97 Å². The smallest absolute Gasteiger partial charge is 0.338 e. The predicted octanol–water partition coefficient (Wildman–Crippen LogP) is 3.35. The molecule has 1 aliphatic heterocycles. The van der Waals surface area contributed by atoms with Gasteiger partial charge in [0, 0.05) is 23.6 Å². The van der Waals surface area contributed by atoms with E-state index in [1.165, 1.54) is 0 Å². The van der Waals surface area contributed by atoms with Crippen molar-refractivity contribution in [1.82, 2.24) is 9.97 Å². The average molecular weight is 331 g/mol. The van der Waals surface area contributed by atoms with Crippen molar-refractivity contribution in [2.24, 2.45) is 0 Å². The molecule has 2 aromatic heterocycles. The number of anilines is 1. The highest BCUT2D eigenvalue weighted by atomic mass is 16.5. The molecule has 0 amide bonds.